The minimum absolute atomic E-state index is 0.203. The van der Waals surface area contributed by atoms with Gasteiger partial charge in [-0.3, -0.25) is 4.79 Å². The highest BCUT2D eigenvalue weighted by molar-refractivity contribution is 5.95. The molecule has 4 heteroatoms. The number of carbonyl (C=O) groups is 1. The normalized spacial score (nSPS) is 11.4. The molecule has 31 heavy (non-hydrogen) atoms. The lowest BCUT2D eigenvalue weighted by atomic mass is 10.0. The largest absolute Gasteiger partial charge is 0.488 e. The molecule has 0 atom stereocenters. The van der Waals surface area contributed by atoms with Crippen molar-refractivity contribution in [2.45, 2.75) is 40.2 Å². The molecule has 0 unspecified atom stereocenters. The maximum atomic E-state index is 12.3. The standard InChI is InChI=1S/C27H30N2O2/c1-20(2)13-14-21(3)28-29-27(30)24-17-15-22(16-18-24)19-31-26-12-8-7-11-25(26)23-9-5-4-6-10-23/h4-12,15-18,20H,13-14,19H2,1-3H3,(H,29,30)/b28-21+. The first kappa shape index (κ1) is 22.3. The number of benzene rings is 3. The topological polar surface area (TPSA) is 50.7 Å². The summed E-state index contributed by atoms with van der Waals surface area (Å²) in [6.45, 7) is 6.73. The van der Waals surface area contributed by atoms with E-state index in [0.717, 1.165) is 41.0 Å². The van der Waals surface area contributed by atoms with E-state index < -0.39 is 0 Å². The molecule has 0 bridgehead atoms. The van der Waals surface area contributed by atoms with Crippen LogP contribution in [0.3, 0.4) is 0 Å². The van der Waals surface area contributed by atoms with Crippen molar-refractivity contribution < 1.29 is 9.53 Å². The van der Waals surface area contributed by atoms with Crippen LogP contribution in [0.25, 0.3) is 11.1 Å². The summed E-state index contributed by atoms with van der Waals surface area (Å²) < 4.78 is 6.08. The Labute approximate surface area is 185 Å². The van der Waals surface area contributed by atoms with Gasteiger partial charge in [0.15, 0.2) is 0 Å². The van der Waals surface area contributed by atoms with Crippen LogP contribution in [0.4, 0.5) is 0 Å². The third-order valence-corrected chi connectivity index (χ3v) is 5.01. The second kappa shape index (κ2) is 11.1. The quantitative estimate of drug-likeness (QED) is 0.322. The molecule has 0 saturated carbocycles. The molecular formula is C27H30N2O2. The van der Waals surface area contributed by atoms with E-state index in [9.17, 15) is 4.79 Å². The second-order valence-corrected chi connectivity index (χ2v) is 8.07. The van der Waals surface area contributed by atoms with E-state index in [1.165, 1.54) is 0 Å². The van der Waals surface area contributed by atoms with Crippen LogP contribution >= 0.6 is 0 Å². The van der Waals surface area contributed by atoms with Gasteiger partial charge in [0.05, 0.1) is 0 Å². The fraction of sp³-hybridized carbons (Fsp3) is 0.259. The number of ether oxygens (including phenoxy) is 1. The van der Waals surface area contributed by atoms with Gasteiger partial charge in [-0.1, -0.05) is 74.5 Å². The molecule has 0 aliphatic carbocycles. The van der Waals surface area contributed by atoms with Gasteiger partial charge in [0, 0.05) is 16.8 Å². The predicted molar refractivity (Wildman–Crippen MR) is 127 cm³/mol. The van der Waals surface area contributed by atoms with Crippen LogP contribution in [0.2, 0.25) is 0 Å². The Bertz CT molecular complexity index is 1010. The first-order valence-electron chi connectivity index (χ1n) is 10.7. The molecule has 0 spiro atoms. The number of nitrogens with one attached hydrogen (secondary N) is 1. The van der Waals surface area contributed by atoms with Crippen molar-refractivity contribution >= 4 is 11.6 Å². The van der Waals surface area contributed by atoms with Crippen LogP contribution in [0.1, 0.15) is 49.5 Å². The van der Waals surface area contributed by atoms with Crippen LogP contribution in [-0.2, 0) is 6.61 Å². The van der Waals surface area contributed by atoms with Gasteiger partial charge in [0.1, 0.15) is 12.4 Å². The zero-order valence-electron chi connectivity index (χ0n) is 18.5. The molecule has 3 rings (SSSR count). The zero-order chi connectivity index (χ0) is 22.1. The van der Waals surface area contributed by atoms with Crippen molar-refractivity contribution in [1.29, 1.82) is 0 Å². The van der Waals surface area contributed by atoms with Gasteiger partial charge >= 0.3 is 0 Å². The molecule has 160 valence electrons. The molecule has 0 radical (unpaired) electrons. The highest BCUT2D eigenvalue weighted by atomic mass is 16.5. The lowest BCUT2D eigenvalue weighted by Crippen LogP contribution is -2.19. The van der Waals surface area contributed by atoms with E-state index >= 15 is 0 Å². The van der Waals surface area contributed by atoms with Crippen LogP contribution < -0.4 is 10.2 Å². The maximum absolute atomic E-state index is 12.3. The zero-order valence-corrected chi connectivity index (χ0v) is 18.5. The second-order valence-electron chi connectivity index (χ2n) is 8.07. The summed E-state index contributed by atoms with van der Waals surface area (Å²) >= 11 is 0. The van der Waals surface area contributed by atoms with Gasteiger partial charge in [-0.15, -0.1) is 0 Å². The third kappa shape index (κ3) is 6.82. The van der Waals surface area contributed by atoms with E-state index in [-0.39, 0.29) is 5.91 Å². The minimum atomic E-state index is -0.203. The fourth-order valence-electron chi connectivity index (χ4n) is 3.13. The Morgan fingerprint density at radius 1 is 0.935 bits per heavy atom. The molecule has 1 amide bonds. The smallest absolute Gasteiger partial charge is 0.271 e. The Balaban J connectivity index is 1.58. The van der Waals surface area contributed by atoms with Crippen molar-refractivity contribution in [3.8, 4) is 16.9 Å². The van der Waals surface area contributed by atoms with Crippen LogP contribution in [0.5, 0.6) is 5.75 Å². The Kier molecular flexibility index (Phi) is 7.99. The SMILES string of the molecule is C/C(CCC(C)C)=N\NC(=O)c1ccc(COc2ccccc2-c2ccccc2)cc1. The lowest BCUT2D eigenvalue weighted by molar-refractivity contribution is 0.0954. The summed E-state index contributed by atoms with van der Waals surface area (Å²) in [7, 11) is 0. The van der Waals surface area contributed by atoms with Crippen LogP contribution in [-0.4, -0.2) is 11.6 Å². The number of hydrogen-bond acceptors (Lipinski definition) is 3. The molecule has 3 aromatic rings. The summed E-state index contributed by atoms with van der Waals surface area (Å²) in [4.78, 5) is 12.3. The first-order valence-corrected chi connectivity index (χ1v) is 10.7. The number of para-hydroxylation sites is 1. The summed E-state index contributed by atoms with van der Waals surface area (Å²) in [5, 5.41) is 4.20. The molecule has 0 saturated heterocycles. The van der Waals surface area contributed by atoms with Gasteiger partial charge in [-0.05, 0) is 55.0 Å². The number of hydrogen-bond donors (Lipinski definition) is 1. The van der Waals surface area contributed by atoms with Gasteiger partial charge in [-0.25, -0.2) is 5.43 Å². The molecule has 0 aliphatic rings. The number of rotatable bonds is 9. The van der Waals surface area contributed by atoms with E-state index in [4.69, 9.17) is 4.74 Å². The maximum Gasteiger partial charge on any atom is 0.271 e. The van der Waals surface area contributed by atoms with Gasteiger partial charge < -0.3 is 4.74 Å². The monoisotopic (exact) mass is 414 g/mol. The molecular weight excluding hydrogens is 384 g/mol. The van der Waals surface area contributed by atoms with Crippen molar-refractivity contribution in [3.05, 3.63) is 90.0 Å². The lowest BCUT2D eigenvalue weighted by Gasteiger charge is -2.12. The third-order valence-electron chi connectivity index (χ3n) is 5.01. The molecule has 0 aliphatic heterocycles. The highest BCUT2D eigenvalue weighted by Gasteiger charge is 2.08. The molecule has 3 aromatic carbocycles. The van der Waals surface area contributed by atoms with E-state index in [1.807, 2.05) is 55.5 Å². The Hall–Kier alpha value is -3.40. The number of hydrazone groups is 1. The Morgan fingerprint density at radius 2 is 1.61 bits per heavy atom. The Morgan fingerprint density at radius 3 is 2.32 bits per heavy atom. The minimum Gasteiger partial charge on any atom is -0.488 e. The van der Waals surface area contributed by atoms with Gasteiger partial charge in [0.25, 0.3) is 5.91 Å². The van der Waals surface area contributed by atoms with Crippen molar-refractivity contribution in [2.75, 3.05) is 0 Å². The molecule has 4 nitrogen and oxygen atoms in total. The average molecular weight is 415 g/mol. The van der Waals surface area contributed by atoms with Gasteiger partial charge in [0.2, 0.25) is 0 Å². The van der Waals surface area contributed by atoms with E-state index in [0.29, 0.717) is 18.1 Å². The van der Waals surface area contributed by atoms with Gasteiger partial charge in [-0.2, -0.15) is 5.10 Å². The highest BCUT2D eigenvalue weighted by Crippen LogP contribution is 2.30. The van der Waals surface area contributed by atoms with E-state index in [2.05, 4.69) is 42.6 Å². The molecule has 0 aromatic heterocycles. The summed E-state index contributed by atoms with van der Waals surface area (Å²) in [6.07, 6.45) is 1.95. The summed E-state index contributed by atoms with van der Waals surface area (Å²) in [5.41, 5.74) is 7.33. The first-order chi connectivity index (χ1) is 15.0. The fourth-order valence-corrected chi connectivity index (χ4v) is 3.13. The molecule has 0 heterocycles. The number of carbonyl (C=O) groups excluding carboxylic acids is 1. The van der Waals surface area contributed by atoms with Crippen LogP contribution in [0, 0.1) is 5.92 Å². The molecule has 0 fully saturated rings. The summed E-state index contributed by atoms with van der Waals surface area (Å²) in [5.74, 6) is 1.25. The van der Waals surface area contributed by atoms with Crippen LogP contribution in [0.15, 0.2) is 84.0 Å². The number of nitrogens with zero attached hydrogens (tertiary/aromatic N) is 1. The van der Waals surface area contributed by atoms with Crippen molar-refractivity contribution in [3.63, 3.8) is 0 Å². The van der Waals surface area contributed by atoms with Crippen molar-refractivity contribution in [1.82, 2.24) is 5.43 Å². The molecule has 1 N–H and O–H groups in total. The summed E-state index contributed by atoms with van der Waals surface area (Å²) in [6, 6.07) is 25.6. The number of amides is 1. The average Bonchev–Trinajstić information content (AvgIpc) is 2.81. The van der Waals surface area contributed by atoms with E-state index in [1.54, 1.807) is 12.1 Å². The predicted octanol–water partition coefficient (Wildman–Crippen LogP) is 6.47. The van der Waals surface area contributed by atoms with Crippen molar-refractivity contribution in [2.24, 2.45) is 11.0 Å².